The fraction of sp³-hybridized carbons (Fsp3) is 0.417. The highest BCUT2D eigenvalue weighted by atomic mass is 19.1. The van der Waals surface area contributed by atoms with E-state index < -0.39 is 5.82 Å². The van der Waals surface area contributed by atoms with E-state index in [4.69, 9.17) is 4.74 Å². The van der Waals surface area contributed by atoms with Crippen LogP contribution in [0.4, 0.5) is 10.1 Å². The molecule has 6 nitrogen and oxygen atoms in total. The minimum Gasteiger partial charge on any atom is -0.497 e. The molecule has 1 saturated heterocycles. The van der Waals surface area contributed by atoms with Gasteiger partial charge in [0.05, 0.1) is 19.3 Å². The Bertz CT molecular complexity index is 924. The molecule has 0 aliphatic carbocycles. The number of halogens is 1. The zero-order valence-corrected chi connectivity index (χ0v) is 18.6. The van der Waals surface area contributed by atoms with Crippen LogP contribution in [0, 0.1) is 5.82 Å². The molecule has 0 saturated carbocycles. The number of carbonyl (C=O) groups is 2. The molecule has 2 aromatic rings. The summed E-state index contributed by atoms with van der Waals surface area (Å²) in [6, 6.07) is 12.5. The van der Waals surface area contributed by atoms with Crippen LogP contribution >= 0.6 is 0 Å². The van der Waals surface area contributed by atoms with E-state index in [-0.39, 0.29) is 17.7 Å². The van der Waals surface area contributed by atoms with E-state index >= 15 is 0 Å². The number of amides is 1. The lowest BCUT2D eigenvalue weighted by Crippen LogP contribution is -2.51. The van der Waals surface area contributed by atoms with Crippen molar-refractivity contribution in [3.63, 3.8) is 0 Å². The van der Waals surface area contributed by atoms with Crippen LogP contribution in [0.15, 0.2) is 42.5 Å². The van der Waals surface area contributed by atoms with E-state index in [1.807, 2.05) is 46.0 Å². The van der Waals surface area contributed by atoms with E-state index in [0.717, 1.165) is 11.3 Å². The Labute approximate surface area is 183 Å². The predicted octanol–water partition coefficient (Wildman–Crippen LogP) is 3.38. The highest BCUT2D eigenvalue weighted by Gasteiger charge is 2.25. The predicted molar refractivity (Wildman–Crippen MR) is 119 cm³/mol. The number of likely N-dealkylation sites (N-methyl/N-ethyl adjacent to an activating group) is 1. The molecule has 1 atom stereocenters. The molecule has 0 bridgehead atoms. The van der Waals surface area contributed by atoms with Gasteiger partial charge in [0.2, 0.25) is 5.91 Å². The summed E-state index contributed by atoms with van der Waals surface area (Å²) in [4.78, 5) is 30.0. The van der Waals surface area contributed by atoms with Crippen LogP contribution < -0.4 is 9.64 Å². The second kappa shape index (κ2) is 9.92. The molecule has 1 aliphatic heterocycles. The number of benzene rings is 2. The number of ether oxygens (including phenoxy) is 1. The van der Waals surface area contributed by atoms with Crippen molar-refractivity contribution < 1.29 is 18.7 Å². The SMILES string of the molecule is COc1ccc(C(C)N(C)CC(=O)N2CCN(c3ccc(C(C)=O)cc3F)CC2)cc1. The van der Waals surface area contributed by atoms with E-state index in [1.165, 1.54) is 13.0 Å². The molecule has 31 heavy (non-hydrogen) atoms. The molecule has 7 heteroatoms. The normalized spacial score (nSPS) is 15.2. The van der Waals surface area contributed by atoms with Gasteiger partial charge in [-0.1, -0.05) is 12.1 Å². The maximum absolute atomic E-state index is 14.4. The molecule has 3 rings (SSSR count). The highest BCUT2D eigenvalue weighted by Crippen LogP contribution is 2.24. The van der Waals surface area contributed by atoms with Gasteiger partial charge >= 0.3 is 0 Å². The summed E-state index contributed by atoms with van der Waals surface area (Å²) in [6.45, 7) is 6.00. The molecule has 0 N–H and O–H groups in total. The fourth-order valence-corrected chi connectivity index (χ4v) is 3.77. The zero-order valence-electron chi connectivity index (χ0n) is 18.6. The van der Waals surface area contributed by atoms with Crippen molar-refractivity contribution in [1.82, 2.24) is 9.80 Å². The minimum atomic E-state index is -0.402. The van der Waals surface area contributed by atoms with Crippen LogP contribution in [-0.2, 0) is 4.79 Å². The number of ketones is 1. The number of Topliss-reactive ketones (excluding diaryl/α,β-unsaturated/α-hetero) is 1. The second-order valence-electron chi connectivity index (χ2n) is 7.95. The monoisotopic (exact) mass is 427 g/mol. The van der Waals surface area contributed by atoms with Crippen LogP contribution in [0.5, 0.6) is 5.75 Å². The van der Waals surface area contributed by atoms with Gasteiger partial charge in [-0.25, -0.2) is 4.39 Å². The van der Waals surface area contributed by atoms with Crippen molar-refractivity contribution >= 4 is 17.4 Å². The summed E-state index contributed by atoms with van der Waals surface area (Å²) >= 11 is 0. The van der Waals surface area contributed by atoms with Gasteiger partial charge in [0, 0.05) is 37.8 Å². The van der Waals surface area contributed by atoms with Crippen LogP contribution in [0.2, 0.25) is 0 Å². The average Bonchev–Trinajstić information content (AvgIpc) is 2.78. The summed E-state index contributed by atoms with van der Waals surface area (Å²) < 4.78 is 19.6. The number of nitrogens with zero attached hydrogens (tertiary/aromatic N) is 3. The molecular formula is C24H30FN3O3. The fourth-order valence-electron chi connectivity index (χ4n) is 3.77. The second-order valence-corrected chi connectivity index (χ2v) is 7.95. The quantitative estimate of drug-likeness (QED) is 0.634. The Morgan fingerprint density at radius 3 is 2.29 bits per heavy atom. The van der Waals surface area contributed by atoms with Gasteiger partial charge in [0.1, 0.15) is 11.6 Å². The van der Waals surface area contributed by atoms with E-state index in [2.05, 4.69) is 6.92 Å². The van der Waals surface area contributed by atoms with E-state index in [1.54, 1.807) is 19.2 Å². The van der Waals surface area contributed by atoms with Crippen molar-refractivity contribution in [1.29, 1.82) is 0 Å². The third-order valence-electron chi connectivity index (χ3n) is 5.97. The lowest BCUT2D eigenvalue weighted by molar-refractivity contribution is -0.132. The standard InChI is InChI=1S/C24H30FN3O3/c1-17(19-5-8-21(31-4)9-6-19)26(3)16-24(30)28-13-11-27(12-14-28)23-10-7-20(18(2)29)15-22(23)25/h5-10,15,17H,11-14,16H2,1-4H3. The molecule has 166 valence electrons. The summed E-state index contributed by atoms with van der Waals surface area (Å²) in [7, 11) is 3.58. The van der Waals surface area contributed by atoms with Gasteiger partial charge in [-0.3, -0.25) is 14.5 Å². The van der Waals surface area contributed by atoms with Gasteiger partial charge in [0.25, 0.3) is 0 Å². The number of carbonyl (C=O) groups excluding carboxylic acids is 2. The first kappa shape index (κ1) is 22.7. The van der Waals surface area contributed by atoms with Gasteiger partial charge in [-0.2, -0.15) is 0 Å². The van der Waals surface area contributed by atoms with Crippen LogP contribution in [0.3, 0.4) is 0 Å². The summed E-state index contributed by atoms with van der Waals surface area (Å²) in [6.07, 6.45) is 0. The average molecular weight is 428 g/mol. The molecule has 1 fully saturated rings. The van der Waals surface area contributed by atoms with Gasteiger partial charge in [0.15, 0.2) is 5.78 Å². The lowest BCUT2D eigenvalue weighted by atomic mass is 10.1. The van der Waals surface area contributed by atoms with Gasteiger partial charge < -0.3 is 14.5 Å². The molecule has 2 aromatic carbocycles. The summed E-state index contributed by atoms with van der Waals surface area (Å²) in [5.74, 6) is 0.309. The van der Waals surface area contributed by atoms with Crippen molar-refractivity contribution in [2.45, 2.75) is 19.9 Å². The van der Waals surface area contributed by atoms with Crippen LogP contribution in [0.25, 0.3) is 0 Å². The Morgan fingerprint density at radius 1 is 1.10 bits per heavy atom. The first-order valence-corrected chi connectivity index (χ1v) is 10.5. The largest absolute Gasteiger partial charge is 0.497 e. The van der Waals surface area contributed by atoms with Crippen LogP contribution in [0.1, 0.15) is 35.8 Å². The number of hydrogen-bond donors (Lipinski definition) is 0. The Balaban J connectivity index is 1.54. The number of piperazine rings is 1. The molecule has 1 amide bonds. The van der Waals surface area contributed by atoms with Gasteiger partial charge in [-0.15, -0.1) is 0 Å². The summed E-state index contributed by atoms with van der Waals surface area (Å²) in [5, 5.41) is 0. The molecule has 0 radical (unpaired) electrons. The van der Waals surface area contributed by atoms with E-state index in [9.17, 15) is 14.0 Å². The minimum absolute atomic E-state index is 0.0647. The molecule has 1 unspecified atom stereocenters. The summed E-state index contributed by atoms with van der Waals surface area (Å²) in [5.41, 5.74) is 1.96. The number of hydrogen-bond acceptors (Lipinski definition) is 5. The van der Waals surface area contributed by atoms with Gasteiger partial charge in [-0.05, 0) is 56.8 Å². The Morgan fingerprint density at radius 2 is 1.74 bits per heavy atom. The first-order chi connectivity index (χ1) is 14.8. The lowest BCUT2D eigenvalue weighted by Gasteiger charge is -2.37. The van der Waals surface area contributed by atoms with Crippen molar-refractivity contribution in [3.05, 3.63) is 59.4 Å². The smallest absolute Gasteiger partial charge is 0.236 e. The van der Waals surface area contributed by atoms with E-state index in [0.29, 0.717) is 44.0 Å². The molecule has 0 spiro atoms. The zero-order chi connectivity index (χ0) is 22.5. The van der Waals surface area contributed by atoms with Crippen LogP contribution in [-0.4, -0.2) is 68.4 Å². The number of methoxy groups -OCH3 is 1. The number of anilines is 1. The van der Waals surface area contributed by atoms with Crippen molar-refractivity contribution in [2.75, 3.05) is 51.8 Å². The van der Waals surface area contributed by atoms with Crippen molar-refractivity contribution in [3.8, 4) is 5.75 Å². The third-order valence-corrected chi connectivity index (χ3v) is 5.97. The number of rotatable bonds is 7. The Kier molecular flexibility index (Phi) is 7.28. The maximum Gasteiger partial charge on any atom is 0.236 e. The topological polar surface area (TPSA) is 53.1 Å². The molecule has 1 heterocycles. The molecular weight excluding hydrogens is 397 g/mol. The maximum atomic E-state index is 14.4. The van der Waals surface area contributed by atoms with Crippen molar-refractivity contribution in [2.24, 2.45) is 0 Å². The molecule has 0 aromatic heterocycles. The first-order valence-electron chi connectivity index (χ1n) is 10.5. The third kappa shape index (κ3) is 5.41. The Hall–Kier alpha value is -2.93. The highest BCUT2D eigenvalue weighted by molar-refractivity contribution is 5.94. The molecule has 1 aliphatic rings.